The number of rotatable bonds is 5. The molecule has 0 fully saturated rings. The maximum atomic E-state index is 12.1. The Morgan fingerprint density at radius 3 is 2.92 bits per heavy atom. The molecule has 1 aromatic heterocycles. The summed E-state index contributed by atoms with van der Waals surface area (Å²) in [5, 5.41) is 15.0. The first-order chi connectivity index (χ1) is 12.7. The highest BCUT2D eigenvalue weighted by Crippen LogP contribution is 2.36. The van der Waals surface area contributed by atoms with Crippen molar-refractivity contribution >= 4 is 22.4 Å². The molecule has 3 aromatic rings. The average Bonchev–Trinajstić information content (AvgIpc) is 3.29. The molecule has 1 aliphatic rings. The van der Waals surface area contributed by atoms with Crippen LogP contribution in [0.2, 0.25) is 0 Å². The smallest absolute Gasteiger partial charge is 0.231 e. The SMILES string of the molecule is O=C(CCc1ccccc1O)Nc1nc(-c2ccc3c(c2)OCO3)cs1. The standard InChI is InChI=1S/C19H16N2O4S/c22-15-4-2-1-3-12(15)6-8-18(23)21-19-20-14(10-26-19)13-5-7-16-17(9-13)25-11-24-16/h1-5,7,9-10,22H,6,8,11H2,(H,20,21,23). The molecule has 1 aliphatic heterocycles. The minimum atomic E-state index is -0.139. The number of phenolic OH excluding ortho intramolecular Hbond substituents is 1. The van der Waals surface area contributed by atoms with Crippen molar-refractivity contribution in [2.75, 3.05) is 12.1 Å². The first-order valence-electron chi connectivity index (χ1n) is 8.11. The molecule has 0 spiro atoms. The Labute approximate surface area is 154 Å². The summed E-state index contributed by atoms with van der Waals surface area (Å²) in [5.41, 5.74) is 2.42. The van der Waals surface area contributed by atoms with Crippen molar-refractivity contribution in [2.24, 2.45) is 0 Å². The van der Waals surface area contributed by atoms with Crippen LogP contribution in [0.25, 0.3) is 11.3 Å². The summed E-state index contributed by atoms with van der Waals surface area (Å²) in [5.74, 6) is 1.49. The molecule has 0 unspecified atom stereocenters. The molecule has 7 heteroatoms. The van der Waals surface area contributed by atoms with Gasteiger partial charge in [-0.2, -0.15) is 0 Å². The van der Waals surface area contributed by atoms with E-state index >= 15 is 0 Å². The predicted octanol–water partition coefficient (Wildman–Crippen LogP) is 3.82. The number of amides is 1. The van der Waals surface area contributed by atoms with Crippen LogP contribution in [0, 0.1) is 0 Å². The van der Waals surface area contributed by atoms with Crippen molar-refractivity contribution in [3.05, 3.63) is 53.4 Å². The third-order valence-electron chi connectivity index (χ3n) is 4.03. The molecule has 0 saturated carbocycles. The van der Waals surface area contributed by atoms with Gasteiger partial charge in [0.2, 0.25) is 12.7 Å². The monoisotopic (exact) mass is 368 g/mol. The van der Waals surface area contributed by atoms with Gasteiger partial charge in [-0.05, 0) is 36.2 Å². The van der Waals surface area contributed by atoms with Crippen LogP contribution >= 0.6 is 11.3 Å². The highest BCUT2D eigenvalue weighted by molar-refractivity contribution is 7.14. The largest absolute Gasteiger partial charge is 0.508 e. The predicted molar refractivity (Wildman–Crippen MR) is 98.7 cm³/mol. The quantitative estimate of drug-likeness (QED) is 0.716. The molecule has 4 rings (SSSR count). The Bertz CT molecular complexity index is 954. The number of carbonyl (C=O) groups is 1. The fraction of sp³-hybridized carbons (Fsp3) is 0.158. The number of para-hydroxylation sites is 1. The van der Waals surface area contributed by atoms with Gasteiger partial charge in [0.15, 0.2) is 16.6 Å². The lowest BCUT2D eigenvalue weighted by Crippen LogP contribution is -2.12. The number of carbonyl (C=O) groups excluding carboxylic acids is 1. The lowest BCUT2D eigenvalue weighted by atomic mass is 10.1. The van der Waals surface area contributed by atoms with E-state index in [9.17, 15) is 9.90 Å². The van der Waals surface area contributed by atoms with E-state index in [1.54, 1.807) is 12.1 Å². The molecule has 2 heterocycles. The number of nitrogens with zero attached hydrogens (tertiary/aromatic N) is 1. The van der Waals surface area contributed by atoms with Crippen LogP contribution in [0.3, 0.4) is 0 Å². The van der Waals surface area contributed by atoms with Crippen LogP contribution in [0.15, 0.2) is 47.8 Å². The molecule has 2 aromatic carbocycles. The van der Waals surface area contributed by atoms with E-state index in [-0.39, 0.29) is 24.9 Å². The average molecular weight is 368 g/mol. The normalized spacial score (nSPS) is 12.2. The Hall–Kier alpha value is -3.06. The Balaban J connectivity index is 1.39. The van der Waals surface area contributed by atoms with Gasteiger partial charge in [0.05, 0.1) is 5.69 Å². The molecular weight excluding hydrogens is 352 g/mol. The Kier molecular flexibility index (Phi) is 4.45. The number of benzene rings is 2. The number of hydrogen-bond acceptors (Lipinski definition) is 6. The second kappa shape index (κ2) is 7.05. The molecule has 1 amide bonds. The van der Waals surface area contributed by atoms with E-state index in [0.29, 0.717) is 17.3 Å². The van der Waals surface area contributed by atoms with Crippen LogP contribution in [0.4, 0.5) is 5.13 Å². The van der Waals surface area contributed by atoms with Crippen molar-refractivity contribution in [2.45, 2.75) is 12.8 Å². The third-order valence-corrected chi connectivity index (χ3v) is 4.79. The molecule has 0 aliphatic carbocycles. The van der Waals surface area contributed by atoms with Crippen LogP contribution in [0.1, 0.15) is 12.0 Å². The van der Waals surface area contributed by atoms with Crippen LogP contribution in [-0.2, 0) is 11.2 Å². The molecule has 132 valence electrons. The maximum absolute atomic E-state index is 12.1. The van der Waals surface area contributed by atoms with Gasteiger partial charge in [0, 0.05) is 17.4 Å². The maximum Gasteiger partial charge on any atom is 0.231 e. The highest BCUT2D eigenvalue weighted by Gasteiger charge is 2.15. The van der Waals surface area contributed by atoms with E-state index < -0.39 is 0 Å². The van der Waals surface area contributed by atoms with Crippen molar-refractivity contribution in [1.82, 2.24) is 4.98 Å². The van der Waals surface area contributed by atoms with E-state index in [2.05, 4.69) is 10.3 Å². The number of nitrogens with one attached hydrogen (secondary N) is 1. The van der Waals surface area contributed by atoms with E-state index in [1.807, 2.05) is 35.7 Å². The van der Waals surface area contributed by atoms with Gasteiger partial charge in [0.25, 0.3) is 0 Å². The zero-order valence-electron chi connectivity index (χ0n) is 13.8. The zero-order chi connectivity index (χ0) is 17.9. The van der Waals surface area contributed by atoms with Crippen LogP contribution < -0.4 is 14.8 Å². The third kappa shape index (κ3) is 3.48. The summed E-state index contributed by atoms with van der Waals surface area (Å²) in [6, 6.07) is 12.7. The second-order valence-electron chi connectivity index (χ2n) is 5.78. The second-order valence-corrected chi connectivity index (χ2v) is 6.64. The van der Waals surface area contributed by atoms with Gasteiger partial charge < -0.3 is 19.9 Å². The molecule has 6 nitrogen and oxygen atoms in total. The zero-order valence-corrected chi connectivity index (χ0v) is 14.6. The van der Waals surface area contributed by atoms with Gasteiger partial charge in [-0.25, -0.2) is 4.98 Å². The molecule has 0 saturated heterocycles. The van der Waals surface area contributed by atoms with Gasteiger partial charge in [-0.1, -0.05) is 18.2 Å². The minimum Gasteiger partial charge on any atom is -0.508 e. The summed E-state index contributed by atoms with van der Waals surface area (Å²) >= 11 is 1.37. The molecule has 2 N–H and O–H groups in total. The first-order valence-corrected chi connectivity index (χ1v) is 8.99. The molecule has 26 heavy (non-hydrogen) atoms. The first kappa shape index (κ1) is 16.4. The number of phenols is 1. The minimum absolute atomic E-state index is 0.139. The number of aromatic hydroxyl groups is 1. The fourth-order valence-corrected chi connectivity index (χ4v) is 3.41. The lowest BCUT2D eigenvalue weighted by molar-refractivity contribution is -0.116. The topological polar surface area (TPSA) is 80.7 Å². The van der Waals surface area contributed by atoms with Crippen molar-refractivity contribution in [3.63, 3.8) is 0 Å². The number of aryl methyl sites for hydroxylation is 1. The highest BCUT2D eigenvalue weighted by atomic mass is 32.1. The Morgan fingerprint density at radius 1 is 1.19 bits per heavy atom. The summed E-state index contributed by atoms with van der Waals surface area (Å²) in [6.45, 7) is 0.230. The number of aromatic nitrogens is 1. The summed E-state index contributed by atoms with van der Waals surface area (Å²) in [6.07, 6.45) is 0.745. The van der Waals surface area contributed by atoms with E-state index in [1.165, 1.54) is 11.3 Å². The van der Waals surface area contributed by atoms with E-state index in [0.717, 1.165) is 22.6 Å². The Morgan fingerprint density at radius 2 is 2.04 bits per heavy atom. The van der Waals surface area contributed by atoms with Gasteiger partial charge in [0.1, 0.15) is 5.75 Å². The van der Waals surface area contributed by atoms with Crippen molar-refractivity contribution < 1.29 is 19.4 Å². The van der Waals surface area contributed by atoms with Crippen molar-refractivity contribution in [1.29, 1.82) is 0 Å². The van der Waals surface area contributed by atoms with Crippen LogP contribution in [0.5, 0.6) is 17.2 Å². The molecular formula is C19H16N2O4S. The van der Waals surface area contributed by atoms with Gasteiger partial charge in [-0.3, -0.25) is 4.79 Å². The summed E-state index contributed by atoms with van der Waals surface area (Å²) in [7, 11) is 0. The molecule has 0 radical (unpaired) electrons. The fourth-order valence-electron chi connectivity index (χ4n) is 2.67. The number of hydrogen-bond donors (Lipinski definition) is 2. The number of ether oxygens (including phenoxy) is 2. The summed E-state index contributed by atoms with van der Waals surface area (Å²) < 4.78 is 10.7. The van der Waals surface area contributed by atoms with Crippen molar-refractivity contribution in [3.8, 4) is 28.5 Å². The number of fused-ring (bicyclic) bond motifs is 1. The summed E-state index contributed by atoms with van der Waals surface area (Å²) in [4.78, 5) is 16.6. The van der Waals surface area contributed by atoms with Gasteiger partial charge >= 0.3 is 0 Å². The number of anilines is 1. The molecule has 0 atom stereocenters. The van der Waals surface area contributed by atoms with E-state index in [4.69, 9.17) is 9.47 Å². The number of thiazole rings is 1. The molecule has 0 bridgehead atoms. The van der Waals surface area contributed by atoms with Gasteiger partial charge in [-0.15, -0.1) is 11.3 Å². The van der Waals surface area contributed by atoms with Crippen LogP contribution in [-0.4, -0.2) is 22.8 Å². The lowest BCUT2D eigenvalue weighted by Gasteiger charge is -2.04.